The van der Waals surface area contributed by atoms with Crippen molar-refractivity contribution in [3.8, 4) is 5.75 Å². The van der Waals surface area contributed by atoms with Gasteiger partial charge in [-0.05, 0) is 66.9 Å². The molecule has 7 heteroatoms. The van der Waals surface area contributed by atoms with E-state index in [2.05, 4.69) is 0 Å². The largest absolute Gasteiger partial charge is 0.507 e. The number of methoxy groups -OCH3 is 1. The van der Waals surface area contributed by atoms with Gasteiger partial charge in [-0.25, -0.2) is 4.39 Å². The van der Waals surface area contributed by atoms with Crippen LogP contribution < -0.4 is 4.74 Å². The van der Waals surface area contributed by atoms with Crippen molar-refractivity contribution in [3.63, 3.8) is 0 Å². The van der Waals surface area contributed by atoms with Crippen LogP contribution >= 0.6 is 0 Å². The molecule has 1 saturated heterocycles. The summed E-state index contributed by atoms with van der Waals surface area (Å²) in [5.74, 6) is -1.18. The number of carbonyl (C=O) groups excluding carboxylic acids is 2. The van der Waals surface area contributed by atoms with Gasteiger partial charge in [0.15, 0.2) is 0 Å². The fourth-order valence-corrected chi connectivity index (χ4v) is 4.01. The molecule has 0 aliphatic carbocycles. The van der Waals surface area contributed by atoms with E-state index in [1.54, 1.807) is 38.3 Å². The van der Waals surface area contributed by atoms with Crippen LogP contribution in [0.4, 0.5) is 4.39 Å². The Labute approximate surface area is 184 Å². The molecule has 3 aromatic rings. The molecule has 1 amide bonds. The van der Waals surface area contributed by atoms with Gasteiger partial charge in [0.25, 0.3) is 11.7 Å². The smallest absolute Gasteiger partial charge is 0.296 e. The van der Waals surface area contributed by atoms with Crippen molar-refractivity contribution in [1.82, 2.24) is 4.90 Å². The van der Waals surface area contributed by atoms with Gasteiger partial charge in [0.1, 0.15) is 23.1 Å². The fourth-order valence-electron chi connectivity index (χ4n) is 4.01. The van der Waals surface area contributed by atoms with E-state index in [0.717, 1.165) is 5.56 Å². The second-order valence-electron chi connectivity index (χ2n) is 7.69. The zero-order valence-corrected chi connectivity index (χ0v) is 17.9. The van der Waals surface area contributed by atoms with Gasteiger partial charge in [-0.15, -0.1) is 0 Å². The molecule has 2 heterocycles. The number of aryl methyl sites for hydroxylation is 2. The number of Topliss-reactive ketones (excluding diaryl/α,β-unsaturated/α-hetero) is 1. The molecule has 0 saturated carbocycles. The highest BCUT2D eigenvalue weighted by Gasteiger charge is 2.46. The van der Waals surface area contributed by atoms with Crippen LogP contribution in [-0.2, 0) is 16.1 Å². The van der Waals surface area contributed by atoms with Crippen molar-refractivity contribution in [2.45, 2.75) is 26.4 Å². The standard InChI is InChI=1S/C25H22FNO5/c1-14-12-20(31-3)15(2)11-19(14)23(28)21-22(16-6-8-17(26)9-7-16)27(25(30)24(21)29)13-18-5-4-10-32-18/h4-12,22,28H,13H2,1-3H3/b23-21+. The van der Waals surface area contributed by atoms with Gasteiger partial charge >= 0.3 is 0 Å². The second-order valence-corrected chi connectivity index (χ2v) is 7.69. The number of amides is 1. The molecular weight excluding hydrogens is 413 g/mol. The number of halogens is 1. The van der Waals surface area contributed by atoms with Gasteiger partial charge < -0.3 is 19.2 Å². The number of carbonyl (C=O) groups is 2. The highest BCUT2D eigenvalue weighted by Crippen LogP contribution is 2.41. The highest BCUT2D eigenvalue weighted by atomic mass is 19.1. The normalized spacial score (nSPS) is 17.8. The monoisotopic (exact) mass is 435 g/mol. The molecule has 1 N–H and O–H groups in total. The number of ketones is 1. The molecule has 164 valence electrons. The number of rotatable bonds is 5. The van der Waals surface area contributed by atoms with Crippen LogP contribution in [0.25, 0.3) is 5.76 Å². The van der Waals surface area contributed by atoms with Crippen LogP contribution in [-0.4, -0.2) is 28.8 Å². The van der Waals surface area contributed by atoms with E-state index in [9.17, 15) is 19.1 Å². The number of hydrogen-bond donors (Lipinski definition) is 1. The molecule has 1 atom stereocenters. The average molecular weight is 435 g/mol. The molecule has 0 spiro atoms. The van der Waals surface area contributed by atoms with Crippen LogP contribution in [0.1, 0.15) is 34.1 Å². The third-order valence-electron chi connectivity index (χ3n) is 5.63. The average Bonchev–Trinajstić information content (AvgIpc) is 3.37. The summed E-state index contributed by atoms with van der Waals surface area (Å²) in [6.07, 6.45) is 1.47. The first-order valence-corrected chi connectivity index (χ1v) is 10.0. The quantitative estimate of drug-likeness (QED) is 0.358. The Kier molecular flexibility index (Phi) is 5.57. The van der Waals surface area contributed by atoms with Crippen LogP contribution in [0.5, 0.6) is 5.75 Å². The maximum atomic E-state index is 13.6. The maximum absolute atomic E-state index is 13.6. The zero-order chi connectivity index (χ0) is 23.0. The predicted octanol–water partition coefficient (Wildman–Crippen LogP) is 4.67. The van der Waals surface area contributed by atoms with E-state index >= 15 is 0 Å². The first kappa shape index (κ1) is 21.4. The van der Waals surface area contributed by atoms with Gasteiger partial charge in [-0.1, -0.05) is 12.1 Å². The minimum atomic E-state index is -0.900. The van der Waals surface area contributed by atoms with E-state index in [1.165, 1.54) is 35.4 Å². The Morgan fingerprint density at radius 2 is 1.84 bits per heavy atom. The summed E-state index contributed by atoms with van der Waals surface area (Å²) >= 11 is 0. The molecule has 6 nitrogen and oxygen atoms in total. The molecule has 1 aromatic heterocycles. The Morgan fingerprint density at radius 3 is 2.47 bits per heavy atom. The molecule has 1 unspecified atom stereocenters. The molecule has 4 rings (SSSR count). The summed E-state index contributed by atoms with van der Waals surface area (Å²) < 4.78 is 24.3. The van der Waals surface area contributed by atoms with Gasteiger partial charge in [0, 0.05) is 5.56 Å². The Bertz CT molecular complexity index is 1210. The Hall–Kier alpha value is -3.87. The second kappa shape index (κ2) is 8.34. The lowest BCUT2D eigenvalue weighted by molar-refractivity contribution is -0.140. The molecule has 2 aromatic carbocycles. The number of ether oxygens (including phenoxy) is 1. The summed E-state index contributed by atoms with van der Waals surface area (Å²) in [5, 5.41) is 11.2. The van der Waals surface area contributed by atoms with E-state index in [0.29, 0.717) is 28.2 Å². The van der Waals surface area contributed by atoms with Crippen LogP contribution in [0.2, 0.25) is 0 Å². The van der Waals surface area contributed by atoms with Crippen molar-refractivity contribution in [2.75, 3.05) is 7.11 Å². The minimum absolute atomic E-state index is 0.0248. The maximum Gasteiger partial charge on any atom is 0.296 e. The van der Waals surface area contributed by atoms with Gasteiger partial charge in [0.05, 0.1) is 31.5 Å². The van der Waals surface area contributed by atoms with Crippen LogP contribution in [0, 0.1) is 19.7 Å². The molecular formula is C25H22FNO5. The Balaban J connectivity index is 1.90. The van der Waals surface area contributed by atoms with Crippen molar-refractivity contribution < 1.29 is 28.2 Å². The van der Waals surface area contributed by atoms with E-state index < -0.39 is 23.5 Å². The van der Waals surface area contributed by atoms with Gasteiger partial charge in [0.2, 0.25) is 0 Å². The number of likely N-dealkylation sites (tertiary alicyclic amines) is 1. The lowest BCUT2D eigenvalue weighted by Crippen LogP contribution is -2.29. The molecule has 0 radical (unpaired) electrons. The minimum Gasteiger partial charge on any atom is -0.507 e. The summed E-state index contributed by atoms with van der Waals surface area (Å²) in [6.45, 7) is 3.63. The highest BCUT2D eigenvalue weighted by molar-refractivity contribution is 6.46. The van der Waals surface area contributed by atoms with E-state index in [1.807, 2.05) is 6.92 Å². The van der Waals surface area contributed by atoms with Crippen LogP contribution in [0.15, 0.2) is 64.8 Å². The van der Waals surface area contributed by atoms with Crippen molar-refractivity contribution in [1.29, 1.82) is 0 Å². The SMILES string of the molecule is COc1cc(C)c(/C(O)=C2\C(=O)C(=O)N(Cc3ccco3)C2c2ccc(F)cc2)cc1C. The third kappa shape index (κ3) is 3.66. The molecule has 1 aliphatic rings. The zero-order valence-electron chi connectivity index (χ0n) is 17.9. The molecule has 1 aliphatic heterocycles. The summed E-state index contributed by atoms with van der Waals surface area (Å²) in [7, 11) is 1.55. The summed E-state index contributed by atoms with van der Waals surface area (Å²) in [5.41, 5.74) is 2.32. The lowest BCUT2D eigenvalue weighted by atomic mass is 9.93. The Morgan fingerprint density at radius 1 is 1.12 bits per heavy atom. The van der Waals surface area contributed by atoms with Crippen molar-refractivity contribution in [2.24, 2.45) is 0 Å². The number of aliphatic hydroxyl groups is 1. The third-order valence-corrected chi connectivity index (χ3v) is 5.63. The lowest BCUT2D eigenvalue weighted by Gasteiger charge is -2.24. The number of hydrogen-bond acceptors (Lipinski definition) is 5. The molecule has 1 fully saturated rings. The van der Waals surface area contributed by atoms with E-state index in [4.69, 9.17) is 9.15 Å². The van der Waals surface area contributed by atoms with Gasteiger partial charge in [-0.2, -0.15) is 0 Å². The topological polar surface area (TPSA) is 80.0 Å². The van der Waals surface area contributed by atoms with Gasteiger partial charge in [-0.3, -0.25) is 9.59 Å². The number of aliphatic hydroxyl groups excluding tert-OH is 1. The predicted molar refractivity (Wildman–Crippen MR) is 115 cm³/mol. The van der Waals surface area contributed by atoms with Crippen molar-refractivity contribution >= 4 is 17.4 Å². The first-order chi connectivity index (χ1) is 15.3. The van der Waals surface area contributed by atoms with Crippen LogP contribution in [0.3, 0.4) is 0 Å². The molecule has 32 heavy (non-hydrogen) atoms. The number of nitrogens with zero attached hydrogens (tertiary/aromatic N) is 1. The first-order valence-electron chi connectivity index (χ1n) is 10.0. The van der Waals surface area contributed by atoms with Crippen molar-refractivity contribution in [3.05, 3.63) is 94.2 Å². The summed E-state index contributed by atoms with van der Waals surface area (Å²) in [6, 6.07) is 11.5. The molecule has 0 bridgehead atoms. The number of benzene rings is 2. The van der Waals surface area contributed by atoms with E-state index in [-0.39, 0.29) is 17.9 Å². The number of furan rings is 1. The fraction of sp³-hybridized carbons (Fsp3) is 0.200. The summed E-state index contributed by atoms with van der Waals surface area (Å²) in [4.78, 5) is 27.4.